The molecule has 1 aromatic rings. The molecule has 2 heteroatoms. The summed E-state index contributed by atoms with van der Waals surface area (Å²) < 4.78 is 0. The van der Waals surface area contributed by atoms with Crippen LogP contribution in [0.3, 0.4) is 0 Å². The van der Waals surface area contributed by atoms with Crippen molar-refractivity contribution in [3.63, 3.8) is 0 Å². The standard InChI is InChI=1S/C16H26N2/c1-4-14(17)11-13-7-5-6-8-15(13)18-10-9-16(2,3)12-18/h5-8,14H,4,9-12,17H2,1-3H3. The van der Waals surface area contributed by atoms with Crippen molar-refractivity contribution in [3.8, 4) is 0 Å². The first-order chi connectivity index (χ1) is 8.52. The van der Waals surface area contributed by atoms with E-state index >= 15 is 0 Å². The highest BCUT2D eigenvalue weighted by Crippen LogP contribution is 2.34. The Bertz CT molecular complexity index is 398. The van der Waals surface area contributed by atoms with Crippen LogP contribution in [0.25, 0.3) is 0 Å². The lowest BCUT2D eigenvalue weighted by Crippen LogP contribution is -2.26. The largest absolute Gasteiger partial charge is 0.371 e. The molecule has 1 aromatic carbocycles. The second-order valence-electron chi connectivity index (χ2n) is 6.34. The lowest BCUT2D eigenvalue weighted by Gasteiger charge is -2.25. The Morgan fingerprint density at radius 1 is 1.33 bits per heavy atom. The van der Waals surface area contributed by atoms with E-state index in [1.807, 2.05) is 0 Å². The van der Waals surface area contributed by atoms with E-state index in [-0.39, 0.29) is 6.04 Å². The Balaban J connectivity index is 2.17. The summed E-state index contributed by atoms with van der Waals surface area (Å²) in [5.41, 5.74) is 9.35. The molecule has 1 aliphatic heterocycles. The predicted molar refractivity (Wildman–Crippen MR) is 79.0 cm³/mol. The van der Waals surface area contributed by atoms with Gasteiger partial charge in [0.2, 0.25) is 0 Å². The fourth-order valence-electron chi connectivity index (χ4n) is 2.74. The Hall–Kier alpha value is -1.02. The fourth-order valence-corrected chi connectivity index (χ4v) is 2.74. The van der Waals surface area contributed by atoms with E-state index in [1.165, 1.54) is 24.2 Å². The molecule has 1 heterocycles. The van der Waals surface area contributed by atoms with Crippen LogP contribution in [0.5, 0.6) is 0 Å². The van der Waals surface area contributed by atoms with Crippen molar-refractivity contribution in [2.75, 3.05) is 18.0 Å². The number of anilines is 1. The summed E-state index contributed by atoms with van der Waals surface area (Å²) in [5, 5.41) is 0. The predicted octanol–water partition coefficient (Wildman–Crippen LogP) is 3.20. The molecule has 0 bridgehead atoms. The molecule has 2 nitrogen and oxygen atoms in total. The van der Waals surface area contributed by atoms with E-state index in [2.05, 4.69) is 49.9 Å². The molecule has 0 aliphatic carbocycles. The SMILES string of the molecule is CCC(N)Cc1ccccc1N1CCC(C)(C)C1. The van der Waals surface area contributed by atoms with Crippen molar-refractivity contribution >= 4 is 5.69 Å². The molecule has 100 valence electrons. The van der Waals surface area contributed by atoms with Crippen LogP contribution in [0.15, 0.2) is 24.3 Å². The molecule has 0 spiro atoms. The molecule has 1 unspecified atom stereocenters. The molecule has 0 radical (unpaired) electrons. The number of benzene rings is 1. The van der Waals surface area contributed by atoms with Crippen LogP contribution < -0.4 is 10.6 Å². The van der Waals surface area contributed by atoms with Crippen molar-refractivity contribution in [3.05, 3.63) is 29.8 Å². The molecule has 1 saturated heterocycles. The summed E-state index contributed by atoms with van der Waals surface area (Å²) in [6.45, 7) is 9.20. The maximum Gasteiger partial charge on any atom is 0.0399 e. The molecule has 1 aliphatic rings. The van der Waals surface area contributed by atoms with E-state index in [0.29, 0.717) is 5.41 Å². The van der Waals surface area contributed by atoms with Crippen LogP contribution >= 0.6 is 0 Å². The van der Waals surface area contributed by atoms with Gasteiger partial charge in [0.1, 0.15) is 0 Å². The van der Waals surface area contributed by atoms with Gasteiger partial charge in [0.25, 0.3) is 0 Å². The maximum atomic E-state index is 6.11. The third-order valence-corrected chi connectivity index (χ3v) is 4.02. The zero-order valence-corrected chi connectivity index (χ0v) is 11.9. The molecular formula is C16H26N2. The molecule has 1 fully saturated rings. The van der Waals surface area contributed by atoms with E-state index in [4.69, 9.17) is 5.73 Å². The number of rotatable bonds is 4. The second-order valence-corrected chi connectivity index (χ2v) is 6.34. The zero-order chi connectivity index (χ0) is 13.2. The minimum atomic E-state index is 0.279. The van der Waals surface area contributed by atoms with Gasteiger partial charge in [-0.05, 0) is 36.3 Å². The van der Waals surface area contributed by atoms with Crippen molar-refractivity contribution in [1.29, 1.82) is 0 Å². The second kappa shape index (κ2) is 5.31. The van der Waals surface area contributed by atoms with Crippen LogP contribution in [0, 0.1) is 5.41 Å². The first-order valence-electron chi connectivity index (χ1n) is 7.10. The summed E-state index contributed by atoms with van der Waals surface area (Å²) in [6.07, 6.45) is 3.31. The molecule has 0 saturated carbocycles. The van der Waals surface area contributed by atoms with Crippen LogP contribution in [-0.4, -0.2) is 19.1 Å². The average molecular weight is 246 g/mol. The molecule has 1 atom stereocenters. The topological polar surface area (TPSA) is 29.3 Å². The van der Waals surface area contributed by atoms with Gasteiger partial charge in [-0.15, -0.1) is 0 Å². The Labute approximate surface area is 111 Å². The van der Waals surface area contributed by atoms with Gasteiger partial charge in [-0.25, -0.2) is 0 Å². The minimum absolute atomic E-state index is 0.279. The lowest BCUT2D eigenvalue weighted by molar-refractivity contribution is 0.418. The van der Waals surface area contributed by atoms with Crippen molar-refractivity contribution < 1.29 is 0 Å². The van der Waals surface area contributed by atoms with Gasteiger partial charge < -0.3 is 10.6 Å². The molecule has 18 heavy (non-hydrogen) atoms. The minimum Gasteiger partial charge on any atom is -0.371 e. The maximum absolute atomic E-state index is 6.11. The highest BCUT2D eigenvalue weighted by atomic mass is 15.2. The molecule has 0 aromatic heterocycles. The van der Waals surface area contributed by atoms with Gasteiger partial charge in [-0.3, -0.25) is 0 Å². The number of nitrogens with zero attached hydrogens (tertiary/aromatic N) is 1. The number of hydrogen-bond acceptors (Lipinski definition) is 2. The zero-order valence-electron chi connectivity index (χ0n) is 11.9. The summed E-state index contributed by atoms with van der Waals surface area (Å²) >= 11 is 0. The quantitative estimate of drug-likeness (QED) is 0.884. The summed E-state index contributed by atoms with van der Waals surface area (Å²) in [7, 11) is 0. The van der Waals surface area contributed by atoms with Crippen molar-refractivity contribution in [2.45, 2.75) is 46.1 Å². The van der Waals surface area contributed by atoms with Gasteiger partial charge in [0.15, 0.2) is 0 Å². The van der Waals surface area contributed by atoms with Crippen LogP contribution in [0.2, 0.25) is 0 Å². The van der Waals surface area contributed by atoms with Gasteiger partial charge in [-0.2, -0.15) is 0 Å². The van der Waals surface area contributed by atoms with Gasteiger partial charge >= 0.3 is 0 Å². The van der Waals surface area contributed by atoms with Gasteiger partial charge in [0, 0.05) is 24.8 Å². The summed E-state index contributed by atoms with van der Waals surface area (Å²) in [5.74, 6) is 0. The fraction of sp³-hybridized carbons (Fsp3) is 0.625. The van der Waals surface area contributed by atoms with E-state index in [1.54, 1.807) is 0 Å². The van der Waals surface area contributed by atoms with Crippen LogP contribution in [-0.2, 0) is 6.42 Å². The van der Waals surface area contributed by atoms with Gasteiger partial charge in [-0.1, -0.05) is 39.0 Å². The summed E-state index contributed by atoms with van der Waals surface area (Å²) in [4.78, 5) is 2.53. The van der Waals surface area contributed by atoms with Gasteiger partial charge in [0.05, 0.1) is 0 Å². The number of hydrogen-bond donors (Lipinski definition) is 1. The molecule has 2 N–H and O–H groups in total. The number of para-hydroxylation sites is 1. The Morgan fingerprint density at radius 2 is 2.06 bits per heavy atom. The van der Waals surface area contributed by atoms with Crippen LogP contribution in [0.1, 0.15) is 39.2 Å². The summed E-state index contributed by atoms with van der Waals surface area (Å²) in [6, 6.07) is 9.03. The molecule has 2 rings (SSSR count). The first-order valence-corrected chi connectivity index (χ1v) is 7.10. The average Bonchev–Trinajstić information content (AvgIpc) is 2.70. The highest BCUT2D eigenvalue weighted by Gasteiger charge is 2.30. The van der Waals surface area contributed by atoms with Crippen molar-refractivity contribution in [1.82, 2.24) is 0 Å². The highest BCUT2D eigenvalue weighted by molar-refractivity contribution is 5.55. The smallest absolute Gasteiger partial charge is 0.0399 e. The first kappa shape index (κ1) is 13.4. The van der Waals surface area contributed by atoms with Crippen molar-refractivity contribution in [2.24, 2.45) is 11.1 Å². The molecular weight excluding hydrogens is 220 g/mol. The monoisotopic (exact) mass is 246 g/mol. The normalized spacial score (nSPS) is 20.1. The lowest BCUT2D eigenvalue weighted by atomic mass is 9.93. The third kappa shape index (κ3) is 3.05. The van der Waals surface area contributed by atoms with E-state index < -0.39 is 0 Å². The Morgan fingerprint density at radius 3 is 2.67 bits per heavy atom. The molecule has 0 amide bonds. The van der Waals surface area contributed by atoms with E-state index in [9.17, 15) is 0 Å². The van der Waals surface area contributed by atoms with Crippen LogP contribution in [0.4, 0.5) is 5.69 Å². The number of nitrogens with two attached hydrogens (primary N) is 1. The van der Waals surface area contributed by atoms with E-state index in [0.717, 1.165) is 19.4 Å². The Kier molecular flexibility index (Phi) is 3.96. The third-order valence-electron chi connectivity index (χ3n) is 4.02.